The number of likely N-dealkylation sites (tertiary alicyclic amines) is 1. The number of benzene rings is 2. The maximum atomic E-state index is 7.17. The van der Waals surface area contributed by atoms with Crippen LogP contribution in [0.1, 0.15) is 49.7 Å². The van der Waals surface area contributed by atoms with E-state index < -0.39 is 0 Å². The molecule has 4 bridgehead atoms. The minimum absolute atomic E-state index is 0.00220. The van der Waals surface area contributed by atoms with Crippen molar-refractivity contribution in [2.24, 2.45) is 17.3 Å². The molecule has 1 saturated heterocycles. The van der Waals surface area contributed by atoms with Crippen molar-refractivity contribution < 1.29 is 18.6 Å². The highest BCUT2D eigenvalue weighted by atomic mass is 32.2. The second kappa shape index (κ2) is 7.95. The highest BCUT2D eigenvalue weighted by Gasteiger charge is 2.80. The first kappa shape index (κ1) is 23.5. The van der Waals surface area contributed by atoms with Gasteiger partial charge in [0.2, 0.25) is 0 Å². The summed E-state index contributed by atoms with van der Waals surface area (Å²) in [5, 5.41) is 0.759. The van der Waals surface area contributed by atoms with Gasteiger partial charge in [-0.25, -0.2) is 4.98 Å². The number of thioether (sulfide) groups is 1. The predicted molar refractivity (Wildman–Crippen MR) is 150 cm³/mol. The molecular weight excluding hydrogens is 508 g/mol. The average molecular weight is 545 g/mol. The highest BCUT2D eigenvalue weighted by Crippen LogP contribution is 2.77. The van der Waals surface area contributed by atoms with Crippen LogP contribution in [-0.2, 0) is 16.6 Å². The Morgan fingerprint density at radius 3 is 2.82 bits per heavy atom. The normalized spacial score (nSPS) is 37.6. The van der Waals surface area contributed by atoms with Crippen molar-refractivity contribution in [2.75, 3.05) is 33.1 Å². The molecule has 204 valence electrons. The maximum absolute atomic E-state index is 7.17. The van der Waals surface area contributed by atoms with Crippen LogP contribution in [0.25, 0.3) is 11.1 Å². The summed E-state index contributed by atoms with van der Waals surface area (Å²) in [6.07, 6.45) is 8.55. The first-order valence-corrected chi connectivity index (χ1v) is 15.7. The van der Waals surface area contributed by atoms with Crippen LogP contribution < -0.4 is 9.47 Å². The molecule has 2 aliphatic heterocycles. The zero-order valence-electron chi connectivity index (χ0n) is 22.8. The third kappa shape index (κ3) is 2.85. The molecule has 4 saturated carbocycles. The van der Waals surface area contributed by atoms with E-state index in [2.05, 4.69) is 17.0 Å². The summed E-state index contributed by atoms with van der Waals surface area (Å²) in [5.74, 6) is 4.08. The highest BCUT2D eigenvalue weighted by molar-refractivity contribution is 7.99. The summed E-state index contributed by atoms with van der Waals surface area (Å²) < 4.78 is 25.9. The SMILES string of the molecule is COc1ccc2c3c1O[C@H]1[C@@]4(OC)CC[C@@]5(C[C@@H]4CSc4nc6ccccc6o4)[C@@H](C2)N(CC2CC2)CC[C@]315. The standard InChI is InChI=1S/C32H36N2O4S/c1-35-24-10-9-20-15-25-30-11-12-32(36-2,21(16-30)18-39-29-33-22-5-3-4-6-23(22)37-29)28-31(30,26(20)27(24)38-28)13-14-34(25)17-19-7-8-19/h3-6,9-10,19,21,25,28H,7-8,11-18H2,1-2H3/t21-,25-,28-,30-,31+,32-/m1/s1. The fraction of sp³-hybridized carbons (Fsp3) is 0.594. The lowest BCUT2D eigenvalue weighted by atomic mass is 9.35. The van der Waals surface area contributed by atoms with Gasteiger partial charge in [0, 0.05) is 47.8 Å². The summed E-state index contributed by atoms with van der Waals surface area (Å²) in [5.41, 5.74) is 4.61. The number of aromatic nitrogens is 1. The fourth-order valence-corrected chi connectivity index (χ4v) is 11.0. The minimum atomic E-state index is -0.331. The number of fused-ring (bicyclic) bond motifs is 3. The molecule has 0 N–H and O–H groups in total. The van der Waals surface area contributed by atoms with E-state index in [0.29, 0.717) is 12.0 Å². The molecule has 5 aliphatic carbocycles. The van der Waals surface area contributed by atoms with Gasteiger partial charge in [0.1, 0.15) is 17.2 Å². The molecule has 1 aromatic heterocycles. The summed E-state index contributed by atoms with van der Waals surface area (Å²) in [7, 11) is 3.71. The number of oxazole rings is 1. The van der Waals surface area contributed by atoms with Crippen molar-refractivity contribution in [3.63, 3.8) is 0 Å². The molecule has 39 heavy (non-hydrogen) atoms. The van der Waals surface area contributed by atoms with E-state index in [4.69, 9.17) is 23.6 Å². The van der Waals surface area contributed by atoms with E-state index in [-0.39, 0.29) is 22.5 Å². The first-order valence-electron chi connectivity index (χ1n) is 14.8. The Balaban J connectivity index is 1.16. The Labute approximate surface area is 233 Å². The van der Waals surface area contributed by atoms with E-state index in [0.717, 1.165) is 58.8 Å². The van der Waals surface area contributed by atoms with Gasteiger partial charge in [-0.1, -0.05) is 30.0 Å². The number of piperidine rings is 1. The molecule has 2 spiro atoms. The van der Waals surface area contributed by atoms with Crippen LogP contribution in [0.4, 0.5) is 0 Å². The molecule has 6 atom stereocenters. The quantitative estimate of drug-likeness (QED) is 0.346. The molecule has 3 heterocycles. The Kier molecular flexibility index (Phi) is 4.79. The van der Waals surface area contributed by atoms with Crippen LogP contribution in [-0.4, -0.2) is 60.7 Å². The lowest BCUT2D eigenvalue weighted by Gasteiger charge is -2.74. The van der Waals surface area contributed by atoms with Crippen LogP contribution in [0.2, 0.25) is 0 Å². The second-order valence-corrected chi connectivity index (χ2v) is 14.0. The van der Waals surface area contributed by atoms with Gasteiger partial charge < -0.3 is 18.6 Å². The van der Waals surface area contributed by atoms with Crippen LogP contribution in [0.3, 0.4) is 0 Å². The molecule has 3 aromatic rings. The zero-order chi connectivity index (χ0) is 26.0. The molecular formula is C32H36N2O4S. The van der Waals surface area contributed by atoms with Gasteiger partial charge in [0.15, 0.2) is 17.1 Å². The van der Waals surface area contributed by atoms with Gasteiger partial charge in [-0.15, -0.1) is 0 Å². The molecule has 2 aromatic carbocycles. The number of hydrogen-bond donors (Lipinski definition) is 0. The van der Waals surface area contributed by atoms with E-state index in [9.17, 15) is 0 Å². The topological polar surface area (TPSA) is 57.0 Å². The van der Waals surface area contributed by atoms with Crippen LogP contribution in [0.5, 0.6) is 11.5 Å². The summed E-state index contributed by atoms with van der Waals surface area (Å²) >= 11 is 1.75. The molecule has 7 heteroatoms. The molecule has 10 rings (SSSR count). The summed E-state index contributed by atoms with van der Waals surface area (Å²) in [4.78, 5) is 7.69. The molecule has 0 amide bonds. The lowest BCUT2D eigenvalue weighted by molar-refractivity contribution is -0.273. The molecule has 0 radical (unpaired) electrons. The van der Waals surface area contributed by atoms with Gasteiger partial charge in [0.25, 0.3) is 5.22 Å². The average Bonchev–Trinajstić information content (AvgIpc) is 3.56. The zero-order valence-corrected chi connectivity index (χ0v) is 23.6. The maximum Gasteiger partial charge on any atom is 0.256 e. The van der Waals surface area contributed by atoms with Crippen LogP contribution in [0.15, 0.2) is 46.0 Å². The monoisotopic (exact) mass is 544 g/mol. The number of hydrogen-bond acceptors (Lipinski definition) is 7. The van der Waals surface area contributed by atoms with Gasteiger partial charge in [-0.05, 0) is 81.2 Å². The van der Waals surface area contributed by atoms with E-state index in [1.807, 2.05) is 31.4 Å². The van der Waals surface area contributed by atoms with Crippen molar-refractivity contribution in [1.82, 2.24) is 9.88 Å². The molecule has 6 nitrogen and oxygen atoms in total. The Morgan fingerprint density at radius 1 is 1.10 bits per heavy atom. The summed E-state index contributed by atoms with van der Waals surface area (Å²) in [6.45, 7) is 2.44. The molecule has 7 aliphatic rings. The molecule has 0 unspecified atom stereocenters. The lowest BCUT2D eigenvalue weighted by Crippen LogP contribution is -2.81. The van der Waals surface area contributed by atoms with Gasteiger partial charge in [0.05, 0.1) is 7.11 Å². The van der Waals surface area contributed by atoms with Crippen molar-refractivity contribution >= 4 is 22.9 Å². The smallest absolute Gasteiger partial charge is 0.256 e. The van der Waals surface area contributed by atoms with Gasteiger partial charge >= 0.3 is 0 Å². The number of methoxy groups -OCH3 is 2. The van der Waals surface area contributed by atoms with Crippen molar-refractivity contribution in [3.05, 3.63) is 47.5 Å². The van der Waals surface area contributed by atoms with E-state index in [1.54, 1.807) is 18.9 Å². The Morgan fingerprint density at radius 2 is 2.00 bits per heavy atom. The first-order chi connectivity index (χ1) is 19.1. The largest absolute Gasteiger partial charge is 0.493 e. The Bertz CT molecular complexity index is 1450. The number of rotatable bonds is 7. The Hall–Kier alpha value is -2.22. The van der Waals surface area contributed by atoms with Gasteiger partial charge in [-0.2, -0.15) is 0 Å². The number of ether oxygens (including phenoxy) is 3. The van der Waals surface area contributed by atoms with E-state index in [1.165, 1.54) is 49.9 Å². The van der Waals surface area contributed by atoms with Crippen LogP contribution in [0, 0.1) is 17.3 Å². The number of nitrogens with zero attached hydrogens (tertiary/aromatic N) is 2. The van der Waals surface area contributed by atoms with Crippen molar-refractivity contribution in [3.8, 4) is 11.5 Å². The van der Waals surface area contributed by atoms with Crippen molar-refractivity contribution in [2.45, 2.75) is 73.3 Å². The van der Waals surface area contributed by atoms with Crippen molar-refractivity contribution in [1.29, 1.82) is 0 Å². The van der Waals surface area contributed by atoms with E-state index >= 15 is 0 Å². The summed E-state index contributed by atoms with van der Waals surface area (Å²) in [6, 6.07) is 13.1. The second-order valence-electron chi connectivity index (χ2n) is 13.0. The minimum Gasteiger partial charge on any atom is -0.493 e. The number of para-hydroxylation sites is 2. The fourth-order valence-electron chi connectivity index (χ4n) is 9.98. The predicted octanol–water partition coefficient (Wildman–Crippen LogP) is 5.85. The van der Waals surface area contributed by atoms with Gasteiger partial charge in [-0.3, -0.25) is 4.90 Å². The third-order valence-electron chi connectivity index (χ3n) is 11.7. The van der Waals surface area contributed by atoms with Crippen LogP contribution >= 0.6 is 11.8 Å². The molecule has 5 fully saturated rings. The third-order valence-corrected chi connectivity index (χ3v) is 12.7.